The van der Waals surface area contributed by atoms with Crippen LogP contribution in [0.4, 0.5) is 5.69 Å². The molecule has 1 spiro atoms. The maximum atomic E-state index is 12.8. The maximum Gasteiger partial charge on any atom is 0.222 e. The number of amides is 1. The zero-order chi connectivity index (χ0) is 18.6. The maximum absolute atomic E-state index is 12.8. The lowest BCUT2D eigenvalue weighted by Crippen LogP contribution is -2.53. The summed E-state index contributed by atoms with van der Waals surface area (Å²) in [5.41, 5.74) is 2.37. The highest BCUT2D eigenvalue weighted by atomic mass is 16.2. The van der Waals surface area contributed by atoms with Gasteiger partial charge in [-0.3, -0.25) is 4.79 Å². The van der Waals surface area contributed by atoms with Gasteiger partial charge in [-0.15, -0.1) is 0 Å². The van der Waals surface area contributed by atoms with E-state index in [9.17, 15) is 4.79 Å². The molecule has 1 amide bonds. The van der Waals surface area contributed by atoms with E-state index in [0.717, 1.165) is 37.8 Å². The van der Waals surface area contributed by atoms with Crippen LogP contribution in [0.1, 0.15) is 45.2 Å². The van der Waals surface area contributed by atoms with Crippen molar-refractivity contribution in [2.75, 3.05) is 24.5 Å². The third-order valence-electron chi connectivity index (χ3n) is 6.35. The van der Waals surface area contributed by atoms with Crippen LogP contribution in [0, 0.1) is 11.8 Å². The van der Waals surface area contributed by atoms with Gasteiger partial charge in [0.2, 0.25) is 5.91 Å². The van der Waals surface area contributed by atoms with E-state index in [4.69, 9.17) is 4.98 Å². The molecule has 1 saturated carbocycles. The summed E-state index contributed by atoms with van der Waals surface area (Å²) >= 11 is 0. The first-order valence-corrected chi connectivity index (χ1v) is 10.3. The van der Waals surface area contributed by atoms with Crippen LogP contribution in [0.5, 0.6) is 0 Å². The van der Waals surface area contributed by atoms with E-state index in [1.54, 1.807) is 0 Å². The number of fused-ring (bicyclic) bond motifs is 4. The van der Waals surface area contributed by atoms with Gasteiger partial charge in [0.1, 0.15) is 5.54 Å². The lowest BCUT2D eigenvalue weighted by molar-refractivity contribution is -0.131. The van der Waals surface area contributed by atoms with Crippen molar-refractivity contribution in [2.45, 2.75) is 45.1 Å². The molecule has 2 aliphatic heterocycles. The van der Waals surface area contributed by atoms with Gasteiger partial charge >= 0.3 is 0 Å². The molecular formula is C22H28N4O. The Hall–Kier alpha value is -2.30. The molecule has 5 heteroatoms. The number of hydrogen-bond donors (Lipinski definition) is 0. The first kappa shape index (κ1) is 16.8. The summed E-state index contributed by atoms with van der Waals surface area (Å²) in [4.78, 5) is 22.2. The third-order valence-corrected chi connectivity index (χ3v) is 6.35. The Bertz CT molecular complexity index is 869. The fourth-order valence-electron chi connectivity index (χ4n) is 4.84. The van der Waals surface area contributed by atoms with Crippen molar-refractivity contribution in [1.82, 2.24) is 14.5 Å². The lowest BCUT2D eigenvalue weighted by atomic mass is 9.88. The fraction of sp³-hybridized carbons (Fsp3) is 0.545. The first-order chi connectivity index (χ1) is 13.1. The number of carbonyl (C=O) groups excluding carboxylic acids is 1. The molecule has 0 radical (unpaired) electrons. The van der Waals surface area contributed by atoms with Crippen molar-refractivity contribution < 1.29 is 4.79 Å². The Morgan fingerprint density at radius 1 is 1.30 bits per heavy atom. The van der Waals surface area contributed by atoms with Crippen LogP contribution in [0.15, 0.2) is 36.7 Å². The van der Waals surface area contributed by atoms with E-state index >= 15 is 0 Å². The van der Waals surface area contributed by atoms with Gasteiger partial charge in [0.25, 0.3) is 0 Å². The highest BCUT2D eigenvalue weighted by molar-refractivity contribution is 5.77. The zero-order valence-corrected chi connectivity index (χ0v) is 16.3. The number of likely N-dealkylation sites (tertiary alicyclic amines) is 1. The number of nitrogens with zero attached hydrogens (tertiary/aromatic N) is 4. The van der Waals surface area contributed by atoms with Crippen LogP contribution in [-0.4, -0.2) is 40.0 Å². The summed E-state index contributed by atoms with van der Waals surface area (Å²) in [6.45, 7) is 6.93. The van der Waals surface area contributed by atoms with E-state index in [1.807, 2.05) is 12.3 Å². The van der Waals surface area contributed by atoms with E-state index < -0.39 is 0 Å². The normalized spacial score (nSPS) is 23.8. The highest BCUT2D eigenvalue weighted by Gasteiger charge is 2.51. The molecule has 1 saturated heterocycles. The second-order valence-electron chi connectivity index (χ2n) is 8.86. The van der Waals surface area contributed by atoms with Crippen molar-refractivity contribution in [1.29, 1.82) is 0 Å². The van der Waals surface area contributed by atoms with Gasteiger partial charge in [0.05, 0.1) is 11.4 Å². The molecule has 3 aliphatic rings. The van der Waals surface area contributed by atoms with E-state index in [2.05, 4.69) is 52.6 Å². The topological polar surface area (TPSA) is 41.4 Å². The van der Waals surface area contributed by atoms with Crippen molar-refractivity contribution in [2.24, 2.45) is 11.8 Å². The summed E-state index contributed by atoms with van der Waals surface area (Å²) in [5, 5.41) is 0. The van der Waals surface area contributed by atoms with Crippen LogP contribution in [-0.2, 0) is 10.3 Å². The average molecular weight is 364 g/mol. The molecule has 5 nitrogen and oxygen atoms in total. The SMILES string of the molecule is CC(C)CC(=O)N1CC[C@]2(C1)c1cccn1-c1ncccc1N2CC1CC1. The Morgan fingerprint density at radius 2 is 2.15 bits per heavy atom. The van der Waals surface area contributed by atoms with Crippen molar-refractivity contribution >= 4 is 11.6 Å². The Kier molecular flexibility index (Phi) is 3.81. The number of rotatable bonds is 4. The molecular weight excluding hydrogens is 336 g/mol. The van der Waals surface area contributed by atoms with E-state index in [0.29, 0.717) is 18.2 Å². The van der Waals surface area contributed by atoms with Gasteiger partial charge in [-0.2, -0.15) is 0 Å². The minimum atomic E-state index is -0.130. The molecule has 1 aliphatic carbocycles. The molecule has 2 fully saturated rings. The zero-order valence-electron chi connectivity index (χ0n) is 16.3. The molecule has 5 rings (SSSR count). The lowest BCUT2D eigenvalue weighted by Gasteiger charge is -2.47. The second-order valence-corrected chi connectivity index (χ2v) is 8.86. The Labute approximate surface area is 161 Å². The molecule has 0 N–H and O–H groups in total. The molecule has 2 aromatic rings. The van der Waals surface area contributed by atoms with Crippen LogP contribution in [0.25, 0.3) is 5.82 Å². The molecule has 0 unspecified atom stereocenters. The molecule has 27 heavy (non-hydrogen) atoms. The van der Waals surface area contributed by atoms with Crippen molar-refractivity contribution in [3.63, 3.8) is 0 Å². The molecule has 4 heterocycles. The van der Waals surface area contributed by atoms with Crippen molar-refractivity contribution in [3.05, 3.63) is 42.4 Å². The fourth-order valence-corrected chi connectivity index (χ4v) is 4.84. The molecule has 0 aromatic carbocycles. The number of aromatic nitrogens is 2. The van der Waals surface area contributed by atoms with Crippen LogP contribution >= 0.6 is 0 Å². The molecule has 0 bridgehead atoms. The van der Waals surface area contributed by atoms with Crippen molar-refractivity contribution in [3.8, 4) is 5.82 Å². The number of carbonyl (C=O) groups is 1. The monoisotopic (exact) mass is 364 g/mol. The quantitative estimate of drug-likeness (QED) is 0.833. The largest absolute Gasteiger partial charge is 0.355 e. The smallest absolute Gasteiger partial charge is 0.222 e. The third kappa shape index (κ3) is 2.67. The molecule has 1 atom stereocenters. The van der Waals surface area contributed by atoms with Gasteiger partial charge < -0.3 is 14.4 Å². The van der Waals surface area contributed by atoms with E-state index in [1.165, 1.54) is 24.2 Å². The predicted molar refractivity (Wildman–Crippen MR) is 106 cm³/mol. The number of hydrogen-bond acceptors (Lipinski definition) is 3. The van der Waals surface area contributed by atoms with Crippen LogP contribution in [0.3, 0.4) is 0 Å². The first-order valence-electron chi connectivity index (χ1n) is 10.3. The predicted octanol–water partition coefficient (Wildman–Crippen LogP) is 3.58. The Balaban J connectivity index is 1.57. The number of pyridine rings is 1. The minimum Gasteiger partial charge on any atom is -0.355 e. The summed E-state index contributed by atoms with van der Waals surface area (Å²) in [6, 6.07) is 8.59. The van der Waals surface area contributed by atoms with Gasteiger partial charge in [0, 0.05) is 38.4 Å². The summed E-state index contributed by atoms with van der Waals surface area (Å²) in [7, 11) is 0. The van der Waals surface area contributed by atoms with E-state index in [-0.39, 0.29) is 5.54 Å². The second kappa shape index (κ2) is 6.11. The van der Waals surface area contributed by atoms with Crippen LogP contribution < -0.4 is 4.90 Å². The van der Waals surface area contributed by atoms with Gasteiger partial charge in [-0.1, -0.05) is 13.8 Å². The highest BCUT2D eigenvalue weighted by Crippen LogP contribution is 2.48. The van der Waals surface area contributed by atoms with Gasteiger partial charge in [-0.25, -0.2) is 4.98 Å². The number of anilines is 1. The van der Waals surface area contributed by atoms with Gasteiger partial charge in [-0.05, 0) is 55.4 Å². The Morgan fingerprint density at radius 3 is 2.93 bits per heavy atom. The van der Waals surface area contributed by atoms with Gasteiger partial charge in [0.15, 0.2) is 5.82 Å². The van der Waals surface area contributed by atoms with Crippen LogP contribution in [0.2, 0.25) is 0 Å². The summed E-state index contributed by atoms with van der Waals surface area (Å²) in [5.74, 6) is 2.49. The summed E-state index contributed by atoms with van der Waals surface area (Å²) < 4.78 is 2.25. The minimum absolute atomic E-state index is 0.130. The standard InChI is InChI=1S/C22H28N4O/c1-16(2)13-20(27)24-12-9-22(15-24)19-6-4-11-25(19)21-18(5-3-10-23-21)26(22)14-17-7-8-17/h3-6,10-11,16-17H,7-9,12-15H2,1-2H3/t22-/m0/s1. The average Bonchev–Trinajstić information content (AvgIpc) is 3.16. The summed E-state index contributed by atoms with van der Waals surface area (Å²) in [6.07, 6.45) is 8.26. The molecule has 2 aromatic heterocycles. The molecule has 142 valence electrons.